The topological polar surface area (TPSA) is 12.4 Å². The average Bonchev–Trinajstić information content (AvgIpc) is 2.19. The Morgan fingerprint density at radius 3 is 2.62 bits per heavy atom. The first-order valence-electron chi connectivity index (χ1n) is 4.62. The predicted molar refractivity (Wildman–Crippen MR) is 58.6 cm³/mol. The lowest BCUT2D eigenvalue weighted by molar-refractivity contribution is 1.11. The summed E-state index contributed by atoms with van der Waals surface area (Å²) in [6.07, 6.45) is 8.27. The lowest BCUT2D eigenvalue weighted by Crippen LogP contribution is -1.72. The highest BCUT2D eigenvalue weighted by molar-refractivity contribution is 5.63. The van der Waals surface area contributed by atoms with Crippen LogP contribution in [0.3, 0.4) is 0 Å². The quantitative estimate of drug-likeness (QED) is 0.373. The molecule has 0 spiro atoms. The number of para-hydroxylation sites is 1. The largest absolute Gasteiger partial charge is 0.261 e. The van der Waals surface area contributed by atoms with Gasteiger partial charge in [-0.3, -0.25) is 4.99 Å². The third kappa shape index (κ3) is 4.26. The molecule has 0 aliphatic heterocycles. The SMILES string of the molecule is C/C=C/CCC=Nc1ccccc1. The number of benzene rings is 1. The number of aliphatic imine (C=N–C) groups is 1. The molecule has 0 unspecified atom stereocenters. The van der Waals surface area contributed by atoms with E-state index in [9.17, 15) is 0 Å². The molecule has 0 aromatic heterocycles. The van der Waals surface area contributed by atoms with Crippen LogP contribution < -0.4 is 0 Å². The summed E-state index contributed by atoms with van der Waals surface area (Å²) >= 11 is 0. The molecular weight excluding hydrogens is 158 g/mol. The van der Waals surface area contributed by atoms with Crippen LogP contribution in [0.4, 0.5) is 5.69 Å². The fourth-order valence-corrected chi connectivity index (χ4v) is 1.02. The average molecular weight is 173 g/mol. The predicted octanol–water partition coefficient (Wildman–Crippen LogP) is 3.75. The van der Waals surface area contributed by atoms with E-state index in [4.69, 9.17) is 0 Å². The monoisotopic (exact) mass is 173 g/mol. The molecule has 68 valence electrons. The van der Waals surface area contributed by atoms with E-state index in [0.717, 1.165) is 18.5 Å². The molecule has 1 aromatic rings. The van der Waals surface area contributed by atoms with Crippen LogP contribution in [0.2, 0.25) is 0 Å². The van der Waals surface area contributed by atoms with Gasteiger partial charge in [-0.1, -0.05) is 30.4 Å². The molecule has 1 aromatic carbocycles. The standard InChI is InChI=1S/C12H15N/c1-2-3-4-8-11-13-12-9-6-5-7-10-12/h2-3,5-7,9-11H,4,8H2,1H3/b3-2+,13-11?. The first-order valence-corrected chi connectivity index (χ1v) is 4.62. The second-order valence-electron chi connectivity index (χ2n) is 2.79. The Labute approximate surface area is 79.8 Å². The normalized spacial score (nSPS) is 11.5. The summed E-state index contributed by atoms with van der Waals surface area (Å²) < 4.78 is 0. The fraction of sp³-hybridized carbons (Fsp3) is 0.250. The minimum Gasteiger partial charge on any atom is -0.261 e. The number of allylic oxidation sites excluding steroid dienone is 2. The summed E-state index contributed by atoms with van der Waals surface area (Å²) in [5.41, 5.74) is 1.03. The molecule has 0 bridgehead atoms. The molecule has 0 aliphatic rings. The molecule has 1 nitrogen and oxygen atoms in total. The Hall–Kier alpha value is -1.37. The number of nitrogens with zero attached hydrogens (tertiary/aromatic N) is 1. The number of hydrogen-bond acceptors (Lipinski definition) is 1. The van der Waals surface area contributed by atoms with Gasteiger partial charge in [0.1, 0.15) is 0 Å². The maximum Gasteiger partial charge on any atom is 0.0625 e. The van der Waals surface area contributed by atoms with E-state index < -0.39 is 0 Å². The molecule has 0 heterocycles. The van der Waals surface area contributed by atoms with Gasteiger partial charge in [-0.25, -0.2) is 0 Å². The maximum absolute atomic E-state index is 4.32. The second kappa shape index (κ2) is 6.18. The summed E-state index contributed by atoms with van der Waals surface area (Å²) in [5, 5.41) is 0. The molecule has 13 heavy (non-hydrogen) atoms. The van der Waals surface area contributed by atoms with Crippen LogP contribution in [-0.4, -0.2) is 6.21 Å². The maximum atomic E-state index is 4.32. The van der Waals surface area contributed by atoms with E-state index in [1.54, 1.807) is 0 Å². The summed E-state index contributed by atoms with van der Waals surface area (Å²) in [6.45, 7) is 2.04. The van der Waals surface area contributed by atoms with Crippen molar-refractivity contribution in [1.29, 1.82) is 0 Å². The van der Waals surface area contributed by atoms with Gasteiger partial charge in [0.2, 0.25) is 0 Å². The van der Waals surface area contributed by atoms with E-state index in [0.29, 0.717) is 0 Å². The summed E-state index contributed by atoms with van der Waals surface area (Å²) in [4.78, 5) is 4.32. The summed E-state index contributed by atoms with van der Waals surface area (Å²) in [7, 11) is 0. The fourth-order valence-electron chi connectivity index (χ4n) is 1.02. The first kappa shape index (κ1) is 9.72. The Bertz CT molecular complexity index is 272. The van der Waals surface area contributed by atoms with Crippen LogP contribution in [0.25, 0.3) is 0 Å². The molecular formula is C12H15N. The van der Waals surface area contributed by atoms with Gasteiger partial charge in [-0.2, -0.15) is 0 Å². The van der Waals surface area contributed by atoms with E-state index in [1.165, 1.54) is 0 Å². The molecule has 0 N–H and O–H groups in total. The van der Waals surface area contributed by atoms with Gasteiger partial charge in [0.15, 0.2) is 0 Å². The van der Waals surface area contributed by atoms with Gasteiger partial charge < -0.3 is 0 Å². The number of unbranched alkanes of at least 4 members (excludes halogenated alkanes) is 1. The molecule has 1 rings (SSSR count). The molecule has 0 amide bonds. The second-order valence-corrected chi connectivity index (χ2v) is 2.79. The molecule has 1 heteroatoms. The minimum atomic E-state index is 1.01. The van der Waals surface area contributed by atoms with Gasteiger partial charge in [0, 0.05) is 6.21 Å². The van der Waals surface area contributed by atoms with E-state index in [1.807, 2.05) is 43.5 Å². The Balaban J connectivity index is 2.32. The van der Waals surface area contributed by atoms with Crippen LogP contribution >= 0.6 is 0 Å². The molecule has 0 fully saturated rings. The molecule has 0 saturated heterocycles. The minimum absolute atomic E-state index is 1.01. The zero-order valence-electron chi connectivity index (χ0n) is 7.98. The van der Waals surface area contributed by atoms with E-state index >= 15 is 0 Å². The van der Waals surface area contributed by atoms with Crippen molar-refractivity contribution in [3.63, 3.8) is 0 Å². The Kier molecular flexibility index (Phi) is 4.62. The van der Waals surface area contributed by atoms with Crippen molar-refractivity contribution in [1.82, 2.24) is 0 Å². The van der Waals surface area contributed by atoms with Crippen molar-refractivity contribution in [2.24, 2.45) is 4.99 Å². The lowest BCUT2D eigenvalue weighted by Gasteiger charge is -1.90. The summed E-state index contributed by atoms with van der Waals surface area (Å²) in [5.74, 6) is 0. The van der Waals surface area contributed by atoms with E-state index in [-0.39, 0.29) is 0 Å². The van der Waals surface area contributed by atoms with Crippen molar-refractivity contribution < 1.29 is 0 Å². The van der Waals surface area contributed by atoms with Crippen LogP contribution in [0.1, 0.15) is 19.8 Å². The van der Waals surface area contributed by atoms with Crippen molar-refractivity contribution >= 4 is 11.9 Å². The smallest absolute Gasteiger partial charge is 0.0625 e. The number of hydrogen-bond donors (Lipinski definition) is 0. The number of rotatable bonds is 4. The Morgan fingerprint density at radius 2 is 1.92 bits per heavy atom. The zero-order chi connectivity index (χ0) is 9.36. The van der Waals surface area contributed by atoms with Crippen LogP contribution in [0, 0.1) is 0 Å². The van der Waals surface area contributed by atoms with Gasteiger partial charge in [-0.05, 0) is 31.9 Å². The highest BCUT2D eigenvalue weighted by Crippen LogP contribution is 2.08. The van der Waals surface area contributed by atoms with Crippen molar-refractivity contribution in [2.75, 3.05) is 0 Å². The molecule has 0 aliphatic carbocycles. The third-order valence-electron chi connectivity index (χ3n) is 1.69. The van der Waals surface area contributed by atoms with Gasteiger partial charge in [0.25, 0.3) is 0 Å². The van der Waals surface area contributed by atoms with Crippen molar-refractivity contribution in [3.8, 4) is 0 Å². The van der Waals surface area contributed by atoms with E-state index in [2.05, 4.69) is 17.1 Å². The third-order valence-corrected chi connectivity index (χ3v) is 1.69. The zero-order valence-corrected chi connectivity index (χ0v) is 7.98. The summed E-state index contributed by atoms with van der Waals surface area (Å²) in [6, 6.07) is 10.0. The van der Waals surface area contributed by atoms with Crippen LogP contribution in [0.5, 0.6) is 0 Å². The Morgan fingerprint density at radius 1 is 1.15 bits per heavy atom. The first-order chi connectivity index (χ1) is 6.43. The van der Waals surface area contributed by atoms with Gasteiger partial charge in [-0.15, -0.1) is 0 Å². The van der Waals surface area contributed by atoms with Crippen molar-refractivity contribution in [2.45, 2.75) is 19.8 Å². The van der Waals surface area contributed by atoms with Crippen LogP contribution in [-0.2, 0) is 0 Å². The molecule has 0 atom stereocenters. The highest BCUT2D eigenvalue weighted by atomic mass is 14.7. The van der Waals surface area contributed by atoms with Gasteiger partial charge in [0.05, 0.1) is 5.69 Å². The van der Waals surface area contributed by atoms with Crippen LogP contribution in [0.15, 0.2) is 47.5 Å². The van der Waals surface area contributed by atoms with Gasteiger partial charge >= 0.3 is 0 Å². The highest BCUT2D eigenvalue weighted by Gasteiger charge is 1.82. The molecule has 0 radical (unpaired) electrons. The molecule has 0 saturated carbocycles. The van der Waals surface area contributed by atoms with Crippen molar-refractivity contribution in [3.05, 3.63) is 42.5 Å². The lowest BCUT2D eigenvalue weighted by atomic mass is 10.3.